The Hall–Kier alpha value is -2.61. The molecule has 1 fully saturated rings. The van der Waals surface area contributed by atoms with Crippen LogP contribution in [-0.2, 0) is 4.79 Å². The quantitative estimate of drug-likeness (QED) is 0.492. The predicted octanol–water partition coefficient (Wildman–Crippen LogP) is 4.15. The molecule has 1 aromatic carbocycles. The maximum Gasteiger partial charge on any atom is 0.269 e. The van der Waals surface area contributed by atoms with Crippen molar-refractivity contribution in [1.29, 1.82) is 0 Å². The molecule has 7 nitrogen and oxygen atoms in total. The molecule has 1 aliphatic rings. The fourth-order valence-electron chi connectivity index (χ4n) is 2.83. The Morgan fingerprint density at radius 1 is 1.20 bits per heavy atom. The van der Waals surface area contributed by atoms with Crippen molar-refractivity contribution >= 4 is 34.1 Å². The van der Waals surface area contributed by atoms with Gasteiger partial charge in [-0.1, -0.05) is 30.6 Å². The number of carbonyl (C=O) groups is 1. The summed E-state index contributed by atoms with van der Waals surface area (Å²) in [6.07, 6.45) is 9.00. The number of rotatable bonds is 5. The van der Waals surface area contributed by atoms with Crippen molar-refractivity contribution < 1.29 is 9.72 Å². The van der Waals surface area contributed by atoms with Crippen LogP contribution < -0.4 is 5.32 Å². The summed E-state index contributed by atoms with van der Waals surface area (Å²) in [7, 11) is 0. The predicted molar refractivity (Wildman–Crippen MR) is 96.5 cm³/mol. The second kappa shape index (κ2) is 7.98. The molecule has 1 saturated carbocycles. The normalized spacial score (nSPS) is 15.4. The highest BCUT2D eigenvalue weighted by atomic mass is 32.1. The molecule has 0 spiro atoms. The van der Waals surface area contributed by atoms with E-state index in [9.17, 15) is 14.9 Å². The van der Waals surface area contributed by atoms with Gasteiger partial charge in [-0.2, -0.15) is 0 Å². The van der Waals surface area contributed by atoms with Gasteiger partial charge >= 0.3 is 0 Å². The van der Waals surface area contributed by atoms with Crippen LogP contribution >= 0.6 is 11.3 Å². The third-order valence-electron chi connectivity index (χ3n) is 4.16. The summed E-state index contributed by atoms with van der Waals surface area (Å²) >= 11 is 1.43. The first-order valence-electron chi connectivity index (χ1n) is 8.19. The smallest absolute Gasteiger partial charge is 0.269 e. The van der Waals surface area contributed by atoms with E-state index in [2.05, 4.69) is 15.5 Å². The lowest BCUT2D eigenvalue weighted by molar-refractivity contribution is -0.384. The van der Waals surface area contributed by atoms with Crippen molar-refractivity contribution in [2.45, 2.75) is 38.0 Å². The number of nitro benzene ring substituents is 1. The Morgan fingerprint density at radius 2 is 1.92 bits per heavy atom. The first-order chi connectivity index (χ1) is 12.1. The lowest BCUT2D eigenvalue weighted by Gasteiger charge is -2.18. The van der Waals surface area contributed by atoms with Gasteiger partial charge in [-0.25, -0.2) is 0 Å². The minimum Gasteiger partial charge on any atom is -0.297 e. The van der Waals surface area contributed by atoms with Gasteiger partial charge in [0.05, 0.1) is 4.92 Å². The molecule has 8 heteroatoms. The van der Waals surface area contributed by atoms with E-state index in [1.807, 2.05) is 0 Å². The number of nitrogens with zero attached hydrogens (tertiary/aromatic N) is 3. The zero-order valence-corrected chi connectivity index (χ0v) is 14.4. The van der Waals surface area contributed by atoms with Crippen LogP contribution in [0.5, 0.6) is 0 Å². The van der Waals surface area contributed by atoms with E-state index >= 15 is 0 Å². The summed E-state index contributed by atoms with van der Waals surface area (Å²) in [4.78, 5) is 22.1. The van der Waals surface area contributed by atoms with Gasteiger partial charge in [0.25, 0.3) is 5.69 Å². The van der Waals surface area contributed by atoms with Gasteiger partial charge in [0, 0.05) is 24.1 Å². The molecule has 0 atom stereocenters. The van der Waals surface area contributed by atoms with Crippen LogP contribution in [0.25, 0.3) is 6.08 Å². The third-order valence-corrected chi connectivity index (χ3v) is 5.16. The summed E-state index contributed by atoms with van der Waals surface area (Å²) in [6, 6.07) is 5.99. The highest BCUT2D eigenvalue weighted by Gasteiger charge is 2.19. The molecular weight excluding hydrogens is 340 g/mol. The molecule has 0 bridgehead atoms. The molecule has 2 aromatic rings. The summed E-state index contributed by atoms with van der Waals surface area (Å²) in [5.74, 6) is 0.164. The molecule has 3 rings (SSSR count). The Labute approximate surface area is 148 Å². The first kappa shape index (κ1) is 17.2. The summed E-state index contributed by atoms with van der Waals surface area (Å²) in [5.41, 5.74) is 0.728. The van der Waals surface area contributed by atoms with Crippen LogP contribution in [-0.4, -0.2) is 21.0 Å². The van der Waals surface area contributed by atoms with Crippen LogP contribution in [0.2, 0.25) is 0 Å². The molecule has 1 aliphatic carbocycles. The number of hydrogen-bond acceptors (Lipinski definition) is 6. The fourth-order valence-corrected chi connectivity index (χ4v) is 3.74. The standard InChI is InChI=1S/C17H18N4O3S/c22-15(11-8-12-6-9-14(10-7-12)21(23)24)18-17-20-19-16(25-17)13-4-2-1-3-5-13/h6-11,13H,1-5H2,(H,18,20,22)/b11-8+. The van der Waals surface area contributed by atoms with Gasteiger partial charge in [-0.05, 0) is 36.6 Å². The van der Waals surface area contributed by atoms with Crippen molar-refractivity contribution in [3.05, 3.63) is 51.0 Å². The van der Waals surface area contributed by atoms with Gasteiger partial charge in [-0.3, -0.25) is 20.2 Å². The zero-order chi connectivity index (χ0) is 17.6. The number of benzene rings is 1. The van der Waals surface area contributed by atoms with E-state index in [1.165, 1.54) is 48.8 Å². The van der Waals surface area contributed by atoms with Gasteiger partial charge in [0.1, 0.15) is 5.01 Å². The number of non-ortho nitro benzene ring substituents is 1. The Morgan fingerprint density at radius 3 is 2.60 bits per heavy atom. The molecule has 25 heavy (non-hydrogen) atoms. The van der Waals surface area contributed by atoms with Crippen molar-refractivity contribution in [3.8, 4) is 0 Å². The fraction of sp³-hybridized carbons (Fsp3) is 0.353. The summed E-state index contributed by atoms with van der Waals surface area (Å²) < 4.78 is 0. The molecule has 0 unspecified atom stereocenters. The lowest BCUT2D eigenvalue weighted by Crippen LogP contribution is -2.07. The molecule has 1 N–H and O–H groups in total. The molecule has 1 aromatic heterocycles. The maximum absolute atomic E-state index is 12.0. The highest BCUT2D eigenvalue weighted by molar-refractivity contribution is 7.15. The molecule has 1 amide bonds. The summed E-state index contributed by atoms with van der Waals surface area (Å²) in [6.45, 7) is 0. The minimum absolute atomic E-state index is 0.0192. The SMILES string of the molecule is O=C(/C=C/c1ccc([N+](=O)[O-])cc1)Nc1nnc(C2CCCCC2)s1. The second-order valence-electron chi connectivity index (χ2n) is 5.95. The lowest BCUT2D eigenvalue weighted by atomic mass is 9.90. The Bertz CT molecular complexity index is 779. The average Bonchev–Trinajstić information content (AvgIpc) is 3.09. The van der Waals surface area contributed by atoms with Gasteiger partial charge in [0.2, 0.25) is 11.0 Å². The van der Waals surface area contributed by atoms with E-state index < -0.39 is 4.92 Å². The number of amides is 1. The number of nitro groups is 1. The average molecular weight is 358 g/mol. The van der Waals surface area contributed by atoms with Crippen LogP contribution in [0.4, 0.5) is 10.8 Å². The topological polar surface area (TPSA) is 98.0 Å². The largest absolute Gasteiger partial charge is 0.297 e. The van der Waals surface area contributed by atoms with Gasteiger partial charge < -0.3 is 0 Å². The maximum atomic E-state index is 12.0. The Kier molecular flexibility index (Phi) is 5.49. The third kappa shape index (κ3) is 4.69. The van der Waals surface area contributed by atoms with Crippen LogP contribution in [0.1, 0.15) is 48.6 Å². The number of carbonyl (C=O) groups excluding carboxylic acids is 1. The molecule has 0 radical (unpaired) electrons. The van der Waals surface area contributed by atoms with Crippen LogP contribution in [0.3, 0.4) is 0 Å². The van der Waals surface area contributed by atoms with Gasteiger partial charge in [-0.15, -0.1) is 10.2 Å². The van der Waals surface area contributed by atoms with Crippen LogP contribution in [0.15, 0.2) is 30.3 Å². The monoisotopic (exact) mass is 358 g/mol. The van der Waals surface area contributed by atoms with Crippen LogP contribution in [0, 0.1) is 10.1 Å². The van der Waals surface area contributed by atoms with E-state index in [4.69, 9.17) is 0 Å². The van der Waals surface area contributed by atoms with E-state index in [0.717, 1.165) is 17.8 Å². The first-order valence-corrected chi connectivity index (χ1v) is 9.00. The Balaban J connectivity index is 1.56. The second-order valence-corrected chi connectivity index (χ2v) is 6.96. The molecule has 130 valence electrons. The minimum atomic E-state index is -0.459. The van der Waals surface area contributed by atoms with Crippen molar-refractivity contribution in [3.63, 3.8) is 0 Å². The molecule has 0 saturated heterocycles. The number of aromatic nitrogens is 2. The summed E-state index contributed by atoms with van der Waals surface area (Å²) in [5, 5.41) is 23.1. The van der Waals surface area contributed by atoms with E-state index in [0.29, 0.717) is 16.6 Å². The number of hydrogen-bond donors (Lipinski definition) is 1. The van der Waals surface area contributed by atoms with Crippen molar-refractivity contribution in [2.24, 2.45) is 0 Å². The molecule has 0 aliphatic heterocycles. The highest BCUT2D eigenvalue weighted by Crippen LogP contribution is 2.35. The number of anilines is 1. The van der Waals surface area contributed by atoms with Gasteiger partial charge in [0.15, 0.2) is 0 Å². The van der Waals surface area contributed by atoms with E-state index in [1.54, 1.807) is 18.2 Å². The molecule has 1 heterocycles. The zero-order valence-electron chi connectivity index (χ0n) is 13.6. The van der Waals surface area contributed by atoms with E-state index in [-0.39, 0.29) is 11.6 Å². The molecular formula is C17H18N4O3S. The number of nitrogens with one attached hydrogen (secondary N) is 1. The van der Waals surface area contributed by atoms with Crippen molar-refractivity contribution in [1.82, 2.24) is 10.2 Å². The van der Waals surface area contributed by atoms with Crippen molar-refractivity contribution in [2.75, 3.05) is 5.32 Å².